The summed E-state index contributed by atoms with van der Waals surface area (Å²) < 4.78 is 32.1. The summed E-state index contributed by atoms with van der Waals surface area (Å²) in [6.45, 7) is 1.43. The van der Waals surface area contributed by atoms with Crippen LogP contribution in [0.3, 0.4) is 0 Å². The SMILES string of the molecule is CC(OC(=O)c1ccccc1)c1c(F)cccc1F. The van der Waals surface area contributed by atoms with E-state index in [2.05, 4.69) is 0 Å². The number of esters is 1. The lowest BCUT2D eigenvalue weighted by Crippen LogP contribution is -2.11. The maximum absolute atomic E-state index is 13.5. The molecule has 0 aromatic heterocycles. The number of rotatable bonds is 3. The first-order valence-corrected chi connectivity index (χ1v) is 5.79. The molecule has 0 N–H and O–H groups in total. The highest BCUT2D eigenvalue weighted by molar-refractivity contribution is 5.89. The van der Waals surface area contributed by atoms with E-state index in [1.807, 2.05) is 0 Å². The monoisotopic (exact) mass is 262 g/mol. The summed E-state index contributed by atoms with van der Waals surface area (Å²) in [4.78, 5) is 11.8. The maximum Gasteiger partial charge on any atom is 0.338 e. The predicted octanol–water partition coefficient (Wildman–Crippen LogP) is 3.88. The molecule has 0 saturated heterocycles. The molecule has 1 unspecified atom stereocenters. The topological polar surface area (TPSA) is 26.3 Å². The van der Waals surface area contributed by atoms with Crippen LogP contribution < -0.4 is 0 Å². The van der Waals surface area contributed by atoms with Crippen molar-refractivity contribution >= 4 is 5.97 Å². The third-order valence-electron chi connectivity index (χ3n) is 2.70. The lowest BCUT2D eigenvalue weighted by atomic mass is 10.1. The van der Waals surface area contributed by atoms with Crippen LogP contribution in [0, 0.1) is 11.6 Å². The fraction of sp³-hybridized carbons (Fsp3) is 0.133. The fourth-order valence-electron chi connectivity index (χ4n) is 1.76. The molecule has 0 fully saturated rings. The Labute approximate surface area is 109 Å². The van der Waals surface area contributed by atoms with Gasteiger partial charge in [-0.1, -0.05) is 24.3 Å². The standard InChI is InChI=1S/C15H12F2O2/c1-10(14-12(16)8-5-9-13(14)17)19-15(18)11-6-3-2-4-7-11/h2-10H,1H3. The maximum atomic E-state index is 13.5. The molecule has 2 aromatic rings. The molecule has 0 aliphatic carbocycles. The van der Waals surface area contributed by atoms with Crippen molar-refractivity contribution in [1.29, 1.82) is 0 Å². The van der Waals surface area contributed by atoms with Crippen LogP contribution in [0.5, 0.6) is 0 Å². The van der Waals surface area contributed by atoms with Gasteiger partial charge in [-0.15, -0.1) is 0 Å². The van der Waals surface area contributed by atoms with E-state index < -0.39 is 23.7 Å². The van der Waals surface area contributed by atoms with E-state index in [9.17, 15) is 13.6 Å². The normalized spacial score (nSPS) is 11.9. The molecule has 0 saturated carbocycles. The quantitative estimate of drug-likeness (QED) is 0.784. The molecule has 0 spiro atoms. The van der Waals surface area contributed by atoms with Gasteiger partial charge in [-0.25, -0.2) is 13.6 Å². The summed E-state index contributed by atoms with van der Waals surface area (Å²) in [5.74, 6) is -2.07. The Kier molecular flexibility index (Phi) is 3.90. The number of hydrogen-bond acceptors (Lipinski definition) is 2. The second-order valence-corrected chi connectivity index (χ2v) is 4.05. The van der Waals surface area contributed by atoms with Crippen LogP contribution >= 0.6 is 0 Å². The van der Waals surface area contributed by atoms with E-state index in [0.717, 1.165) is 12.1 Å². The molecule has 2 nitrogen and oxygen atoms in total. The van der Waals surface area contributed by atoms with Gasteiger partial charge < -0.3 is 4.74 Å². The van der Waals surface area contributed by atoms with E-state index in [1.54, 1.807) is 30.3 Å². The van der Waals surface area contributed by atoms with Gasteiger partial charge >= 0.3 is 5.97 Å². The lowest BCUT2D eigenvalue weighted by molar-refractivity contribution is 0.0324. The molecule has 0 amide bonds. The Hall–Kier alpha value is -2.23. The highest BCUT2D eigenvalue weighted by atomic mass is 19.1. The molecule has 2 rings (SSSR count). The largest absolute Gasteiger partial charge is 0.454 e. The molecule has 0 heterocycles. The highest BCUT2D eigenvalue weighted by Gasteiger charge is 2.20. The van der Waals surface area contributed by atoms with E-state index in [1.165, 1.54) is 13.0 Å². The Morgan fingerprint density at radius 2 is 1.58 bits per heavy atom. The van der Waals surface area contributed by atoms with Gasteiger partial charge in [0.15, 0.2) is 0 Å². The van der Waals surface area contributed by atoms with Gasteiger partial charge in [0, 0.05) is 0 Å². The van der Waals surface area contributed by atoms with Crippen molar-refractivity contribution in [3.63, 3.8) is 0 Å². The first kappa shape index (κ1) is 13.2. The molecular weight excluding hydrogens is 250 g/mol. The Morgan fingerprint density at radius 1 is 1.00 bits per heavy atom. The number of carbonyl (C=O) groups is 1. The third kappa shape index (κ3) is 2.96. The minimum absolute atomic E-state index is 0.244. The minimum Gasteiger partial charge on any atom is -0.454 e. The second-order valence-electron chi connectivity index (χ2n) is 4.05. The molecule has 0 radical (unpaired) electrons. The average molecular weight is 262 g/mol. The number of halogens is 2. The summed E-state index contributed by atoms with van der Waals surface area (Å²) >= 11 is 0. The molecular formula is C15H12F2O2. The van der Waals surface area contributed by atoms with Crippen LogP contribution in [-0.4, -0.2) is 5.97 Å². The first-order chi connectivity index (χ1) is 9.09. The van der Waals surface area contributed by atoms with Crippen LogP contribution in [0.15, 0.2) is 48.5 Å². The molecule has 0 bridgehead atoms. The minimum atomic E-state index is -0.992. The van der Waals surface area contributed by atoms with E-state index in [-0.39, 0.29) is 5.56 Å². The fourth-order valence-corrected chi connectivity index (χ4v) is 1.76. The van der Waals surface area contributed by atoms with Gasteiger partial charge in [-0.2, -0.15) is 0 Å². The predicted molar refractivity (Wildman–Crippen MR) is 66.6 cm³/mol. The van der Waals surface area contributed by atoms with E-state index >= 15 is 0 Å². The van der Waals surface area contributed by atoms with Crippen molar-refractivity contribution in [2.24, 2.45) is 0 Å². The molecule has 1 atom stereocenters. The van der Waals surface area contributed by atoms with Crippen LogP contribution in [0.2, 0.25) is 0 Å². The Morgan fingerprint density at radius 3 is 2.16 bits per heavy atom. The summed E-state index contributed by atoms with van der Waals surface area (Å²) in [7, 11) is 0. The first-order valence-electron chi connectivity index (χ1n) is 5.79. The van der Waals surface area contributed by atoms with Crippen molar-refractivity contribution < 1.29 is 18.3 Å². The van der Waals surface area contributed by atoms with Crippen LogP contribution in [0.4, 0.5) is 8.78 Å². The number of ether oxygens (including phenoxy) is 1. The van der Waals surface area contributed by atoms with Crippen molar-refractivity contribution in [3.05, 3.63) is 71.3 Å². The molecule has 4 heteroatoms. The van der Waals surface area contributed by atoms with Gasteiger partial charge in [0.1, 0.15) is 17.7 Å². The summed E-state index contributed by atoms with van der Waals surface area (Å²) in [6.07, 6.45) is -0.992. The van der Waals surface area contributed by atoms with Gasteiger partial charge in [0.2, 0.25) is 0 Å². The molecule has 0 aliphatic heterocycles. The zero-order valence-electron chi connectivity index (χ0n) is 10.3. The zero-order chi connectivity index (χ0) is 13.8. The van der Waals surface area contributed by atoms with Crippen molar-refractivity contribution in [2.45, 2.75) is 13.0 Å². The summed E-state index contributed by atoms with van der Waals surface area (Å²) in [5, 5.41) is 0. The molecule has 0 aliphatic rings. The van der Waals surface area contributed by atoms with Gasteiger partial charge in [-0.05, 0) is 31.2 Å². The van der Waals surface area contributed by atoms with Gasteiger partial charge in [0.05, 0.1) is 11.1 Å². The van der Waals surface area contributed by atoms with Crippen LogP contribution in [0.1, 0.15) is 28.9 Å². The second kappa shape index (κ2) is 5.61. The van der Waals surface area contributed by atoms with Crippen molar-refractivity contribution in [3.8, 4) is 0 Å². The summed E-state index contributed by atoms with van der Waals surface area (Å²) in [6, 6.07) is 11.8. The highest BCUT2D eigenvalue weighted by Crippen LogP contribution is 2.24. The zero-order valence-corrected chi connectivity index (χ0v) is 10.3. The van der Waals surface area contributed by atoms with E-state index in [0.29, 0.717) is 5.56 Å². The van der Waals surface area contributed by atoms with Gasteiger partial charge in [0.25, 0.3) is 0 Å². The smallest absolute Gasteiger partial charge is 0.338 e. The van der Waals surface area contributed by atoms with Crippen LogP contribution in [-0.2, 0) is 4.74 Å². The number of hydrogen-bond donors (Lipinski definition) is 0. The average Bonchev–Trinajstić information content (AvgIpc) is 2.39. The lowest BCUT2D eigenvalue weighted by Gasteiger charge is -2.15. The Balaban J connectivity index is 2.18. The molecule has 2 aromatic carbocycles. The third-order valence-corrected chi connectivity index (χ3v) is 2.70. The molecule has 98 valence electrons. The van der Waals surface area contributed by atoms with Crippen molar-refractivity contribution in [2.75, 3.05) is 0 Å². The molecule has 19 heavy (non-hydrogen) atoms. The number of benzene rings is 2. The van der Waals surface area contributed by atoms with Crippen molar-refractivity contribution in [1.82, 2.24) is 0 Å². The number of carbonyl (C=O) groups excluding carboxylic acids is 1. The Bertz CT molecular complexity index is 562. The van der Waals surface area contributed by atoms with Crippen LogP contribution in [0.25, 0.3) is 0 Å². The van der Waals surface area contributed by atoms with Gasteiger partial charge in [-0.3, -0.25) is 0 Å². The van der Waals surface area contributed by atoms with E-state index in [4.69, 9.17) is 4.74 Å². The summed E-state index contributed by atoms with van der Waals surface area (Å²) in [5.41, 5.74) is 0.0953.